The summed E-state index contributed by atoms with van der Waals surface area (Å²) in [6.45, 7) is 2.45. The second-order valence-corrected chi connectivity index (χ2v) is 4.86. The number of hydrogen-bond acceptors (Lipinski definition) is 2. The lowest BCUT2D eigenvalue weighted by Crippen LogP contribution is -2.05. The van der Waals surface area contributed by atoms with E-state index in [2.05, 4.69) is 5.32 Å². The molecule has 0 bridgehead atoms. The van der Waals surface area contributed by atoms with Crippen LogP contribution in [0.4, 0.5) is 10.1 Å². The summed E-state index contributed by atoms with van der Waals surface area (Å²) in [5.74, 6) is -2.03. The number of benzene rings is 2. The highest BCUT2D eigenvalue weighted by Gasteiger charge is 2.10. The van der Waals surface area contributed by atoms with Crippen molar-refractivity contribution in [3.63, 3.8) is 0 Å². The summed E-state index contributed by atoms with van der Waals surface area (Å²) in [5, 5.41) is 12.6. The van der Waals surface area contributed by atoms with Crippen LogP contribution in [0.2, 0.25) is 5.02 Å². The van der Waals surface area contributed by atoms with Crippen LogP contribution in [0.25, 0.3) is 0 Å². The van der Waals surface area contributed by atoms with Crippen LogP contribution < -0.4 is 5.32 Å². The molecule has 0 saturated carbocycles. The molecule has 5 heteroatoms. The number of carboxylic acid groups (broad SMARTS) is 1. The van der Waals surface area contributed by atoms with Gasteiger partial charge in [0, 0.05) is 17.3 Å². The Hall–Kier alpha value is -2.07. The van der Waals surface area contributed by atoms with Crippen molar-refractivity contribution < 1.29 is 14.3 Å². The van der Waals surface area contributed by atoms with Gasteiger partial charge in [0.05, 0.1) is 5.56 Å². The van der Waals surface area contributed by atoms with Gasteiger partial charge in [-0.05, 0) is 48.4 Å². The van der Waals surface area contributed by atoms with Gasteiger partial charge in [-0.3, -0.25) is 0 Å². The zero-order valence-electron chi connectivity index (χ0n) is 10.8. The van der Waals surface area contributed by atoms with Crippen molar-refractivity contribution in [2.75, 3.05) is 5.32 Å². The van der Waals surface area contributed by atoms with Crippen LogP contribution in [0, 0.1) is 12.7 Å². The molecule has 0 aliphatic rings. The largest absolute Gasteiger partial charge is 0.478 e. The highest BCUT2D eigenvalue weighted by atomic mass is 35.5. The van der Waals surface area contributed by atoms with Gasteiger partial charge in [0.25, 0.3) is 0 Å². The molecule has 3 nitrogen and oxygen atoms in total. The van der Waals surface area contributed by atoms with E-state index in [1.807, 2.05) is 19.1 Å². The Morgan fingerprint density at radius 1 is 1.30 bits per heavy atom. The number of aryl methyl sites for hydroxylation is 1. The quantitative estimate of drug-likeness (QED) is 0.892. The Morgan fingerprint density at radius 2 is 2.05 bits per heavy atom. The third-order valence-electron chi connectivity index (χ3n) is 2.98. The Balaban J connectivity index is 2.15. The number of anilines is 1. The molecule has 2 N–H and O–H groups in total. The molecule has 2 rings (SSSR count). The molecule has 0 aliphatic carbocycles. The molecule has 2 aromatic rings. The van der Waals surface area contributed by atoms with E-state index < -0.39 is 11.8 Å². The lowest BCUT2D eigenvalue weighted by Gasteiger charge is -2.10. The normalized spacial score (nSPS) is 10.3. The van der Waals surface area contributed by atoms with Gasteiger partial charge >= 0.3 is 5.97 Å². The number of carboxylic acids is 1. The maximum absolute atomic E-state index is 13.3. The van der Waals surface area contributed by atoms with Gasteiger partial charge in [0.2, 0.25) is 0 Å². The predicted molar refractivity (Wildman–Crippen MR) is 76.9 cm³/mol. The van der Waals surface area contributed by atoms with Crippen molar-refractivity contribution in [2.24, 2.45) is 0 Å². The minimum atomic E-state index is -1.28. The maximum Gasteiger partial charge on any atom is 0.338 e. The van der Waals surface area contributed by atoms with Crippen molar-refractivity contribution in [1.29, 1.82) is 0 Å². The molecule has 0 aromatic heterocycles. The fourth-order valence-electron chi connectivity index (χ4n) is 1.85. The van der Waals surface area contributed by atoms with Crippen molar-refractivity contribution >= 4 is 23.3 Å². The zero-order chi connectivity index (χ0) is 14.7. The summed E-state index contributed by atoms with van der Waals surface area (Å²) in [4.78, 5) is 10.9. The van der Waals surface area contributed by atoms with E-state index in [0.29, 0.717) is 17.3 Å². The van der Waals surface area contributed by atoms with Crippen LogP contribution >= 0.6 is 11.6 Å². The van der Waals surface area contributed by atoms with Crippen molar-refractivity contribution in [2.45, 2.75) is 13.5 Å². The van der Waals surface area contributed by atoms with Gasteiger partial charge in [0.15, 0.2) is 0 Å². The van der Waals surface area contributed by atoms with E-state index in [4.69, 9.17) is 16.7 Å². The van der Waals surface area contributed by atoms with Crippen LogP contribution in [-0.4, -0.2) is 11.1 Å². The second-order valence-electron chi connectivity index (χ2n) is 4.42. The minimum absolute atomic E-state index is 0.345. The molecule has 0 amide bonds. The standard InChI is InChI=1S/C15H13ClFNO2/c1-9-6-11(16)3-2-10(9)8-18-12-4-5-14(17)13(7-12)15(19)20/h2-7,18H,8H2,1H3,(H,19,20). The first kappa shape index (κ1) is 14.3. The van der Waals surface area contributed by atoms with E-state index in [-0.39, 0.29) is 5.56 Å². The molecular weight excluding hydrogens is 281 g/mol. The van der Waals surface area contributed by atoms with Crippen molar-refractivity contribution in [1.82, 2.24) is 0 Å². The Labute approximate surface area is 121 Å². The highest BCUT2D eigenvalue weighted by Crippen LogP contribution is 2.19. The highest BCUT2D eigenvalue weighted by molar-refractivity contribution is 6.30. The fraction of sp³-hybridized carbons (Fsp3) is 0.133. The summed E-state index contributed by atoms with van der Waals surface area (Å²) < 4.78 is 13.3. The lowest BCUT2D eigenvalue weighted by atomic mass is 10.1. The number of hydrogen-bond donors (Lipinski definition) is 2. The number of aromatic carboxylic acids is 1. The summed E-state index contributed by atoms with van der Waals surface area (Å²) in [6.07, 6.45) is 0. The zero-order valence-corrected chi connectivity index (χ0v) is 11.5. The van der Waals surface area contributed by atoms with Crippen LogP contribution in [0.3, 0.4) is 0 Å². The Bertz CT molecular complexity index is 658. The predicted octanol–water partition coefficient (Wildman–Crippen LogP) is 4.10. The number of rotatable bonds is 4. The number of nitrogens with one attached hydrogen (secondary N) is 1. The molecule has 0 fully saturated rings. The molecule has 0 spiro atoms. The molecule has 2 aromatic carbocycles. The van der Waals surface area contributed by atoms with E-state index >= 15 is 0 Å². The van der Waals surface area contributed by atoms with Gasteiger partial charge in [-0.15, -0.1) is 0 Å². The molecule has 0 saturated heterocycles. The minimum Gasteiger partial charge on any atom is -0.478 e. The van der Waals surface area contributed by atoms with Crippen molar-refractivity contribution in [3.05, 3.63) is 63.9 Å². The van der Waals surface area contributed by atoms with E-state index in [9.17, 15) is 9.18 Å². The molecular formula is C15H13ClFNO2. The van der Waals surface area contributed by atoms with Gasteiger partial charge in [-0.1, -0.05) is 17.7 Å². The molecule has 0 heterocycles. The van der Waals surface area contributed by atoms with Gasteiger partial charge in [-0.25, -0.2) is 9.18 Å². The summed E-state index contributed by atoms with van der Waals surface area (Å²) in [5.41, 5.74) is 2.28. The van der Waals surface area contributed by atoms with Crippen molar-refractivity contribution in [3.8, 4) is 0 Å². The number of carbonyl (C=O) groups is 1. The Morgan fingerprint density at radius 3 is 2.70 bits per heavy atom. The molecule has 0 aliphatic heterocycles. The third-order valence-corrected chi connectivity index (χ3v) is 3.22. The molecule has 20 heavy (non-hydrogen) atoms. The van der Waals surface area contributed by atoms with Gasteiger partial charge in [0.1, 0.15) is 5.82 Å². The monoisotopic (exact) mass is 293 g/mol. The average Bonchev–Trinajstić information content (AvgIpc) is 2.39. The van der Waals surface area contributed by atoms with Gasteiger partial charge in [-0.2, -0.15) is 0 Å². The summed E-state index contributed by atoms with van der Waals surface area (Å²) in [6, 6.07) is 9.47. The number of halogens is 2. The van der Waals surface area contributed by atoms with Crippen LogP contribution in [0.5, 0.6) is 0 Å². The average molecular weight is 294 g/mol. The first-order valence-corrected chi connectivity index (χ1v) is 6.37. The Kier molecular flexibility index (Phi) is 4.25. The van der Waals surface area contributed by atoms with Crippen LogP contribution in [0.15, 0.2) is 36.4 Å². The maximum atomic E-state index is 13.3. The first-order valence-electron chi connectivity index (χ1n) is 5.99. The van der Waals surface area contributed by atoms with Gasteiger partial charge < -0.3 is 10.4 Å². The van der Waals surface area contributed by atoms with Crippen LogP contribution in [-0.2, 0) is 6.54 Å². The lowest BCUT2D eigenvalue weighted by molar-refractivity contribution is 0.0692. The topological polar surface area (TPSA) is 49.3 Å². The van der Waals surface area contributed by atoms with Crippen LogP contribution in [0.1, 0.15) is 21.5 Å². The first-order chi connectivity index (χ1) is 9.47. The third kappa shape index (κ3) is 3.27. The van der Waals surface area contributed by atoms with E-state index in [1.165, 1.54) is 12.1 Å². The molecule has 0 atom stereocenters. The molecule has 104 valence electrons. The summed E-state index contributed by atoms with van der Waals surface area (Å²) in [7, 11) is 0. The smallest absolute Gasteiger partial charge is 0.338 e. The van der Waals surface area contributed by atoms with E-state index in [1.54, 1.807) is 6.07 Å². The second kappa shape index (κ2) is 5.92. The SMILES string of the molecule is Cc1cc(Cl)ccc1CNc1ccc(F)c(C(=O)O)c1. The van der Waals surface area contributed by atoms with E-state index in [0.717, 1.165) is 17.2 Å². The molecule has 0 radical (unpaired) electrons. The summed E-state index contributed by atoms with van der Waals surface area (Å²) >= 11 is 5.88. The fourth-order valence-corrected chi connectivity index (χ4v) is 2.08. The molecule has 0 unspecified atom stereocenters.